The van der Waals surface area contributed by atoms with E-state index in [1.807, 2.05) is 0 Å². The summed E-state index contributed by atoms with van der Waals surface area (Å²) in [7, 11) is 4.36. The fourth-order valence-corrected chi connectivity index (χ4v) is 5.81. The van der Waals surface area contributed by atoms with Gasteiger partial charge in [0, 0.05) is 54.7 Å². The molecular weight excluding hydrogens is 336 g/mol. The van der Waals surface area contributed by atoms with Crippen molar-refractivity contribution in [1.82, 2.24) is 20.1 Å². The average molecular weight is 367 g/mol. The largest absolute Gasteiger partial charge is 0.350 e. The van der Waals surface area contributed by atoms with E-state index in [0.717, 1.165) is 32.2 Å². The molecule has 1 aliphatic heterocycles. The molecule has 3 atom stereocenters. The predicted molar refractivity (Wildman–Crippen MR) is 108 cm³/mol. The van der Waals surface area contributed by atoms with Crippen molar-refractivity contribution in [2.24, 2.45) is 7.05 Å². The van der Waals surface area contributed by atoms with Crippen molar-refractivity contribution in [1.29, 1.82) is 0 Å². The molecule has 27 heavy (non-hydrogen) atoms. The molecule has 0 bridgehead atoms. The van der Waals surface area contributed by atoms with E-state index in [9.17, 15) is 4.79 Å². The van der Waals surface area contributed by atoms with Gasteiger partial charge in [0.1, 0.15) is 0 Å². The van der Waals surface area contributed by atoms with Crippen LogP contribution in [0.2, 0.25) is 0 Å². The molecule has 3 aliphatic rings. The number of piperidine rings is 1. The van der Waals surface area contributed by atoms with Crippen molar-refractivity contribution < 1.29 is 4.79 Å². The summed E-state index contributed by atoms with van der Waals surface area (Å²) in [5.41, 5.74) is 4.27. The number of likely N-dealkylation sites (N-methyl/N-ethyl adjacent to an activating group) is 1. The lowest BCUT2D eigenvalue weighted by atomic mass is 9.74. The summed E-state index contributed by atoms with van der Waals surface area (Å²) in [6, 6.07) is 7.84. The Labute approximate surface area is 161 Å². The molecule has 1 saturated carbocycles. The number of amides is 2. The molecule has 2 aliphatic carbocycles. The molecule has 5 nitrogen and oxygen atoms in total. The van der Waals surface area contributed by atoms with Crippen LogP contribution in [0, 0.1) is 0 Å². The molecule has 5 rings (SSSR count). The Morgan fingerprint density at radius 2 is 1.89 bits per heavy atom. The van der Waals surface area contributed by atoms with Gasteiger partial charge in [-0.2, -0.15) is 0 Å². The van der Waals surface area contributed by atoms with Crippen LogP contribution < -0.4 is 10.6 Å². The second-order valence-electron chi connectivity index (χ2n) is 8.86. The molecular formula is C22H30N4O. The van der Waals surface area contributed by atoms with Crippen molar-refractivity contribution in [2.75, 3.05) is 13.6 Å². The molecule has 144 valence electrons. The monoisotopic (exact) mass is 366 g/mol. The maximum atomic E-state index is 12.5. The van der Waals surface area contributed by atoms with E-state index in [-0.39, 0.29) is 12.1 Å². The van der Waals surface area contributed by atoms with E-state index in [1.165, 1.54) is 34.9 Å². The van der Waals surface area contributed by atoms with Gasteiger partial charge in [0.2, 0.25) is 0 Å². The van der Waals surface area contributed by atoms with E-state index in [1.54, 1.807) is 0 Å². The molecule has 1 saturated heterocycles. The van der Waals surface area contributed by atoms with Gasteiger partial charge in [-0.3, -0.25) is 0 Å². The van der Waals surface area contributed by atoms with Crippen molar-refractivity contribution >= 4 is 16.9 Å². The van der Waals surface area contributed by atoms with Gasteiger partial charge in [0.25, 0.3) is 0 Å². The molecule has 2 aromatic rings. The van der Waals surface area contributed by atoms with E-state index < -0.39 is 0 Å². The molecule has 0 spiro atoms. The number of carbonyl (C=O) groups is 1. The minimum atomic E-state index is 0.0215. The van der Waals surface area contributed by atoms with Gasteiger partial charge in [0.15, 0.2) is 0 Å². The minimum absolute atomic E-state index is 0.0215. The first-order valence-electron chi connectivity index (χ1n) is 10.4. The summed E-state index contributed by atoms with van der Waals surface area (Å²) in [5.74, 6) is 0.485. The highest BCUT2D eigenvalue weighted by molar-refractivity contribution is 5.89. The van der Waals surface area contributed by atoms with Gasteiger partial charge < -0.3 is 20.1 Å². The van der Waals surface area contributed by atoms with Gasteiger partial charge in [-0.15, -0.1) is 0 Å². The number of fused-ring (bicyclic) bond motifs is 2. The van der Waals surface area contributed by atoms with Crippen molar-refractivity contribution in [2.45, 2.75) is 62.6 Å². The Bertz CT molecular complexity index is 867. The number of urea groups is 1. The summed E-state index contributed by atoms with van der Waals surface area (Å²) in [5, 5.41) is 7.90. The lowest BCUT2D eigenvalue weighted by Crippen LogP contribution is -2.56. The van der Waals surface area contributed by atoms with Gasteiger partial charge >= 0.3 is 6.03 Å². The average Bonchev–Trinajstić information content (AvgIpc) is 3.25. The number of hydrogen-bond donors (Lipinski definition) is 2. The number of carbonyl (C=O) groups excluding carboxylic acids is 1. The number of aromatic nitrogens is 1. The number of hydrogen-bond acceptors (Lipinski definition) is 2. The van der Waals surface area contributed by atoms with E-state index >= 15 is 0 Å². The summed E-state index contributed by atoms with van der Waals surface area (Å²) >= 11 is 0. The molecule has 1 aromatic carbocycles. The third kappa shape index (κ3) is 2.92. The van der Waals surface area contributed by atoms with Crippen molar-refractivity contribution in [3.05, 3.63) is 35.5 Å². The van der Waals surface area contributed by atoms with E-state index in [0.29, 0.717) is 18.0 Å². The Kier molecular flexibility index (Phi) is 4.15. The number of likely N-dealkylation sites (tertiary alicyclic amines) is 1. The highest BCUT2D eigenvalue weighted by Gasteiger charge is 2.40. The Hall–Kier alpha value is -2.01. The normalized spacial score (nSPS) is 28.3. The Balaban J connectivity index is 1.37. The molecule has 5 heteroatoms. The third-order valence-electron chi connectivity index (χ3n) is 7.06. The lowest BCUT2D eigenvalue weighted by molar-refractivity contribution is 0.128. The summed E-state index contributed by atoms with van der Waals surface area (Å²) in [4.78, 5) is 14.9. The first-order chi connectivity index (χ1) is 13.1. The minimum Gasteiger partial charge on any atom is -0.350 e. The first kappa shape index (κ1) is 17.1. The topological polar surface area (TPSA) is 49.3 Å². The summed E-state index contributed by atoms with van der Waals surface area (Å²) in [6.07, 6.45) is 9.17. The van der Waals surface area contributed by atoms with Crippen LogP contribution in [-0.4, -0.2) is 47.2 Å². The fourth-order valence-electron chi connectivity index (χ4n) is 5.81. The maximum absolute atomic E-state index is 12.5. The Morgan fingerprint density at radius 1 is 1.11 bits per heavy atom. The standard InChI is InChI=1S/C22H30N4O/c1-25-12-14-10-20-18(17-8-5-9-19(25)21(14)17)11-16(13-26(20)2)24-22(27)23-15-6-3-4-7-15/h5,8-9,12,15-16,18,20H,3-4,6-7,10-11,13H2,1-2H3,(H2,23,24,27)/t16?,18?,20-/m1/s1. The van der Waals surface area contributed by atoms with Crippen LogP contribution in [0.25, 0.3) is 10.9 Å². The zero-order chi connectivity index (χ0) is 18.5. The first-order valence-corrected chi connectivity index (χ1v) is 10.4. The van der Waals surface area contributed by atoms with E-state index in [2.05, 4.69) is 58.6 Å². The van der Waals surface area contributed by atoms with Crippen molar-refractivity contribution in [3.8, 4) is 0 Å². The maximum Gasteiger partial charge on any atom is 0.315 e. The van der Waals surface area contributed by atoms with E-state index in [4.69, 9.17) is 0 Å². The highest BCUT2D eigenvalue weighted by atomic mass is 16.2. The molecule has 1 aromatic heterocycles. The molecule has 2 fully saturated rings. The molecule has 2 N–H and O–H groups in total. The molecule has 0 radical (unpaired) electrons. The van der Waals surface area contributed by atoms with Crippen LogP contribution in [-0.2, 0) is 13.5 Å². The SMILES string of the molecule is CN1CC(NC(=O)NC2CCCC2)CC2c3cccc4c3c(cn4C)C[C@H]21. The summed E-state index contributed by atoms with van der Waals surface area (Å²) in [6.45, 7) is 0.928. The molecule has 2 amide bonds. The van der Waals surface area contributed by atoms with Gasteiger partial charge in [-0.05, 0) is 49.9 Å². The van der Waals surface area contributed by atoms with Crippen LogP contribution in [0.1, 0.15) is 49.1 Å². The zero-order valence-corrected chi connectivity index (χ0v) is 16.4. The Morgan fingerprint density at radius 3 is 2.70 bits per heavy atom. The quantitative estimate of drug-likeness (QED) is 0.858. The van der Waals surface area contributed by atoms with Crippen LogP contribution >= 0.6 is 0 Å². The van der Waals surface area contributed by atoms with Crippen LogP contribution in [0.15, 0.2) is 24.4 Å². The fraction of sp³-hybridized carbons (Fsp3) is 0.591. The molecule has 2 unspecified atom stereocenters. The smallest absolute Gasteiger partial charge is 0.315 e. The van der Waals surface area contributed by atoms with Gasteiger partial charge in [0.05, 0.1) is 0 Å². The van der Waals surface area contributed by atoms with Crippen molar-refractivity contribution in [3.63, 3.8) is 0 Å². The number of benzene rings is 1. The number of aryl methyl sites for hydroxylation is 1. The predicted octanol–water partition coefficient (Wildman–Crippen LogP) is 3.13. The zero-order valence-electron chi connectivity index (χ0n) is 16.4. The van der Waals surface area contributed by atoms with Gasteiger partial charge in [-0.1, -0.05) is 25.0 Å². The molecule has 2 heterocycles. The lowest BCUT2D eigenvalue weighted by Gasteiger charge is -2.45. The van der Waals surface area contributed by atoms with Crippen LogP contribution in [0.4, 0.5) is 4.79 Å². The van der Waals surface area contributed by atoms with Crippen LogP contribution in [0.3, 0.4) is 0 Å². The summed E-state index contributed by atoms with van der Waals surface area (Å²) < 4.78 is 2.26. The number of rotatable bonds is 2. The highest BCUT2D eigenvalue weighted by Crippen LogP contribution is 2.43. The number of nitrogens with one attached hydrogen (secondary N) is 2. The number of nitrogens with zero attached hydrogens (tertiary/aromatic N) is 2. The van der Waals surface area contributed by atoms with Gasteiger partial charge in [-0.25, -0.2) is 4.79 Å². The second-order valence-corrected chi connectivity index (χ2v) is 8.86. The third-order valence-corrected chi connectivity index (χ3v) is 7.06. The van der Waals surface area contributed by atoms with Crippen LogP contribution in [0.5, 0.6) is 0 Å². The second kappa shape index (κ2) is 6.55.